The van der Waals surface area contributed by atoms with Gasteiger partial charge in [-0.1, -0.05) is 25.0 Å². The summed E-state index contributed by atoms with van der Waals surface area (Å²) in [6.45, 7) is 0.140. The molecule has 0 saturated heterocycles. The van der Waals surface area contributed by atoms with E-state index in [1.54, 1.807) is 10.9 Å². The van der Waals surface area contributed by atoms with Gasteiger partial charge in [-0.25, -0.2) is 4.79 Å². The third kappa shape index (κ3) is 5.18. The van der Waals surface area contributed by atoms with E-state index in [4.69, 9.17) is 14.6 Å². The second-order valence-electron chi connectivity index (χ2n) is 8.44. The van der Waals surface area contributed by atoms with Gasteiger partial charge in [0.05, 0.1) is 23.9 Å². The van der Waals surface area contributed by atoms with Crippen molar-refractivity contribution in [2.24, 2.45) is 13.0 Å². The number of carbonyl (C=O) groups is 2. The Morgan fingerprint density at radius 3 is 2.58 bits per heavy atom. The van der Waals surface area contributed by atoms with Gasteiger partial charge in [0.2, 0.25) is 0 Å². The van der Waals surface area contributed by atoms with Gasteiger partial charge in [-0.3, -0.25) is 9.48 Å². The average Bonchev–Trinajstić information content (AvgIpc) is 3.49. The molecule has 0 spiro atoms. The van der Waals surface area contributed by atoms with Gasteiger partial charge in [-0.15, -0.1) is 0 Å². The van der Waals surface area contributed by atoms with Crippen molar-refractivity contribution < 1.29 is 24.2 Å². The van der Waals surface area contributed by atoms with E-state index >= 15 is 0 Å². The maximum atomic E-state index is 12.1. The molecule has 2 N–H and O–H groups in total. The predicted octanol–water partition coefficient (Wildman–Crippen LogP) is 3.89. The monoisotopic (exact) mass is 427 g/mol. The van der Waals surface area contributed by atoms with E-state index in [1.165, 1.54) is 0 Å². The first-order valence-corrected chi connectivity index (χ1v) is 10.9. The zero-order valence-corrected chi connectivity index (χ0v) is 17.8. The van der Waals surface area contributed by atoms with Crippen molar-refractivity contribution >= 4 is 12.1 Å². The lowest BCUT2D eigenvalue weighted by molar-refractivity contribution is -0.141. The van der Waals surface area contributed by atoms with Gasteiger partial charge in [-0.2, -0.15) is 5.10 Å². The highest BCUT2D eigenvalue weighted by atomic mass is 16.5. The number of aryl methyl sites for hydroxylation is 1. The molecule has 4 rings (SSSR count). The van der Waals surface area contributed by atoms with Crippen molar-refractivity contribution in [2.75, 3.05) is 0 Å². The van der Waals surface area contributed by atoms with Crippen LogP contribution in [0.25, 0.3) is 11.1 Å². The van der Waals surface area contributed by atoms with Crippen LogP contribution in [0, 0.1) is 5.92 Å². The van der Waals surface area contributed by atoms with E-state index in [2.05, 4.69) is 10.4 Å². The Hall–Kier alpha value is -3.03. The molecule has 2 aliphatic carbocycles. The van der Waals surface area contributed by atoms with Crippen molar-refractivity contribution in [2.45, 2.75) is 63.7 Å². The highest BCUT2D eigenvalue weighted by Crippen LogP contribution is 2.31. The van der Waals surface area contributed by atoms with Crippen LogP contribution in [0.2, 0.25) is 0 Å². The number of nitrogens with one attached hydrogen (secondary N) is 1. The molecule has 2 saturated carbocycles. The molecule has 1 aromatic heterocycles. The van der Waals surface area contributed by atoms with Crippen molar-refractivity contribution in [3.63, 3.8) is 0 Å². The van der Waals surface area contributed by atoms with E-state index in [-0.39, 0.29) is 30.8 Å². The number of benzene rings is 1. The van der Waals surface area contributed by atoms with E-state index in [1.807, 2.05) is 31.3 Å². The van der Waals surface area contributed by atoms with Crippen LogP contribution >= 0.6 is 0 Å². The van der Waals surface area contributed by atoms with Gasteiger partial charge in [0.15, 0.2) is 0 Å². The number of amides is 1. The number of hydrogen-bond donors (Lipinski definition) is 2. The zero-order chi connectivity index (χ0) is 21.8. The van der Waals surface area contributed by atoms with Crippen LogP contribution in [-0.4, -0.2) is 39.1 Å². The first-order chi connectivity index (χ1) is 15.0. The van der Waals surface area contributed by atoms with Gasteiger partial charge >= 0.3 is 12.1 Å². The summed E-state index contributed by atoms with van der Waals surface area (Å²) in [6.07, 6.45) is 7.59. The summed E-state index contributed by atoms with van der Waals surface area (Å²) >= 11 is 0. The van der Waals surface area contributed by atoms with Crippen LogP contribution in [0.3, 0.4) is 0 Å². The molecule has 0 radical (unpaired) electrons. The SMILES string of the molecule is Cn1ncc(-c2ccc(OC3CCC(C(=O)O)C3)cc2)c1COC(=O)NC1CCCC1. The number of nitrogens with zero attached hydrogens (tertiary/aromatic N) is 2. The normalized spacial score (nSPS) is 21.2. The van der Waals surface area contributed by atoms with E-state index < -0.39 is 5.97 Å². The maximum Gasteiger partial charge on any atom is 0.407 e. The lowest BCUT2D eigenvalue weighted by Crippen LogP contribution is -2.33. The number of aromatic nitrogens is 2. The van der Waals surface area contributed by atoms with Crippen molar-refractivity contribution in [3.05, 3.63) is 36.2 Å². The fourth-order valence-corrected chi connectivity index (χ4v) is 4.46. The van der Waals surface area contributed by atoms with Crippen molar-refractivity contribution in [3.8, 4) is 16.9 Å². The molecule has 1 aromatic carbocycles. The van der Waals surface area contributed by atoms with Gasteiger partial charge in [0.1, 0.15) is 12.4 Å². The molecule has 8 heteroatoms. The summed E-state index contributed by atoms with van der Waals surface area (Å²) in [5.74, 6) is -0.338. The number of alkyl carbamates (subject to hydrolysis) is 1. The number of ether oxygens (including phenoxy) is 2. The summed E-state index contributed by atoms with van der Waals surface area (Å²) in [4.78, 5) is 23.2. The first kappa shape index (κ1) is 21.2. The fourth-order valence-electron chi connectivity index (χ4n) is 4.46. The van der Waals surface area contributed by atoms with Gasteiger partial charge in [-0.05, 0) is 49.8 Å². The Morgan fingerprint density at radius 2 is 1.90 bits per heavy atom. The fraction of sp³-hybridized carbons (Fsp3) is 0.522. The number of rotatable bonds is 7. The second kappa shape index (κ2) is 9.41. The molecule has 31 heavy (non-hydrogen) atoms. The molecule has 0 bridgehead atoms. The zero-order valence-electron chi connectivity index (χ0n) is 17.8. The summed E-state index contributed by atoms with van der Waals surface area (Å²) in [6, 6.07) is 7.87. The molecule has 2 atom stereocenters. The third-order valence-electron chi connectivity index (χ3n) is 6.28. The number of carbonyl (C=O) groups excluding carboxylic acids is 1. The highest BCUT2D eigenvalue weighted by molar-refractivity contribution is 5.70. The highest BCUT2D eigenvalue weighted by Gasteiger charge is 2.31. The molecule has 8 nitrogen and oxygen atoms in total. The van der Waals surface area contributed by atoms with Crippen LogP contribution in [0.1, 0.15) is 50.6 Å². The van der Waals surface area contributed by atoms with Crippen molar-refractivity contribution in [1.82, 2.24) is 15.1 Å². The van der Waals surface area contributed by atoms with Gasteiger partial charge in [0, 0.05) is 18.7 Å². The lowest BCUT2D eigenvalue weighted by Gasteiger charge is -2.14. The Balaban J connectivity index is 1.36. The van der Waals surface area contributed by atoms with Crippen LogP contribution < -0.4 is 10.1 Å². The smallest absolute Gasteiger partial charge is 0.407 e. The Kier molecular flexibility index (Phi) is 6.44. The molecular weight excluding hydrogens is 398 g/mol. The Bertz CT molecular complexity index is 918. The predicted molar refractivity (Wildman–Crippen MR) is 114 cm³/mol. The summed E-state index contributed by atoms with van der Waals surface area (Å²) in [7, 11) is 1.83. The van der Waals surface area contributed by atoms with E-state index in [9.17, 15) is 9.59 Å². The lowest BCUT2D eigenvalue weighted by atomic mass is 10.1. The Labute approximate surface area is 181 Å². The molecule has 2 fully saturated rings. The average molecular weight is 428 g/mol. The van der Waals surface area contributed by atoms with E-state index in [0.29, 0.717) is 12.8 Å². The quantitative estimate of drug-likeness (QED) is 0.695. The molecule has 2 aromatic rings. The summed E-state index contributed by atoms with van der Waals surface area (Å²) in [5, 5.41) is 16.4. The van der Waals surface area contributed by atoms with E-state index in [0.717, 1.165) is 54.7 Å². The minimum Gasteiger partial charge on any atom is -0.490 e. The second-order valence-corrected chi connectivity index (χ2v) is 8.44. The summed E-state index contributed by atoms with van der Waals surface area (Å²) < 4.78 is 13.1. The molecule has 2 aliphatic rings. The molecule has 2 unspecified atom stereocenters. The van der Waals surface area contributed by atoms with Crippen LogP contribution in [0.15, 0.2) is 30.5 Å². The largest absolute Gasteiger partial charge is 0.490 e. The number of aliphatic carboxylic acids is 1. The molecule has 0 aliphatic heterocycles. The standard InChI is InChI=1S/C23H29N3O5/c1-26-21(14-30-23(29)25-17-4-2-3-5-17)20(13-24-26)15-6-9-18(10-7-15)31-19-11-8-16(12-19)22(27)28/h6-7,9-10,13,16-17,19H,2-5,8,11-12,14H2,1H3,(H,25,29)(H,27,28). The topological polar surface area (TPSA) is 103 Å². The minimum atomic E-state index is -0.746. The summed E-state index contributed by atoms with van der Waals surface area (Å²) in [5.41, 5.74) is 2.66. The van der Waals surface area contributed by atoms with Crippen molar-refractivity contribution in [1.29, 1.82) is 0 Å². The minimum absolute atomic E-state index is 0.0623. The van der Waals surface area contributed by atoms with Gasteiger partial charge in [0.25, 0.3) is 0 Å². The molecular formula is C23H29N3O5. The number of carboxylic acid groups (broad SMARTS) is 1. The van der Waals surface area contributed by atoms with Crippen LogP contribution in [0.5, 0.6) is 5.75 Å². The van der Waals surface area contributed by atoms with Crippen LogP contribution in [-0.2, 0) is 23.2 Å². The molecule has 1 amide bonds. The number of carboxylic acids is 1. The van der Waals surface area contributed by atoms with Gasteiger partial charge < -0.3 is 19.9 Å². The number of hydrogen-bond acceptors (Lipinski definition) is 5. The molecule has 1 heterocycles. The first-order valence-electron chi connectivity index (χ1n) is 10.9. The van der Waals surface area contributed by atoms with Crippen LogP contribution in [0.4, 0.5) is 4.79 Å². The molecule has 166 valence electrons. The Morgan fingerprint density at radius 1 is 1.16 bits per heavy atom. The third-order valence-corrected chi connectivity index (χ3v) is 6.28. The maximum absolute atomic E-state index is 12.1.